The highest BCUT2D eigenvalue weighted by atomic mass is 28.3. The zero-order chi connectivity index (χ0) is 23.0. The molecule has 2 aromatic carbocycles. The summed E-state index contributed by atoms with van der Waals surface area (Å²) in [7, 11) is -0.00619. The molecule has 0 bridgehead atoms. The standard InChI is InChI=1S/C30H41F2Si/c1-2-3-4-19-33-20-17-24(18-21-33)6-5-23-7-9-25(10-8-23)27-13-16-29(30(32)22-27)26-11-14-28(31)15-12-26/h11-16,22-25H,2-10,17-21H2,1H3. The van der Waals surface area contributed by atoms with E-state index >= 15 is 0 Å². The Labute approximate surface area is 201 Å². The molecule has 1 aliphatic heterocycles. The van der Waals surface area contributed by atoms with Crippen LogP contribution >= 0.6 is 0 Å². The topological polar surface area (TPSA) is 0 Å². The van der Waals surface area contributed by atoms with Gasteiger partial charge in [-0.1, -0.05) is 94.3 Å². The van der Waals surface area contributed by atoms with Gasteiger partial charge in [0.05, 0.1) is 0 Å². The summed E-state index contributed by atoms with van der Waals surface area (Å²) < 4.78 is 28.0. The Morgan fingerprint density at radius 1 is 0.788 bits per heavy atom. The molecule has 0 N–H and O–H groups in total. The van der Waals surface area contributed by atoms with E-state index in [2.05, 4.69) is 13.0 Å². The molecule has 0 atom stereocenters. The fourth-order valence-electron chi connectivity index (χ4n) is 6.15. The van der Waals surface area contributed by atoms with E-state index in [-0.39, 0.29) is 20.4 Å². The van der Waals surface area contributed by atoms with E-state index in [1.807, 2.05) is 6.07 Å². The molecule has 0 nitrogen and oxygen atoms in total. The molecule has 3 heteroatoms. The van der Waals surface area contributed by atoms with Crippen LogP contribution in [0.5, 0.6) is 0 Å². The van der Waals surface area contributed by atoms with Crippen LogP contribution in [0.1, 0.15) is 89.0 Å². The van der Waals surface area contributed by atoms with Gasteiger partial charge in [-0.25, -0.2) is 8.78 Å². The molecule has 2 fully saturated rings. The molecule has 33 heavy (non-hydrogen) atoms. The molecule has 1 aliphatic carbocycles. The molecule has 1 saturated heterocycles. The van der Waals surface area contributed by atoms with Gasteiger partial charge >= 0.3 is 0 Å². The number of benzene rings is 2. The van der Waals surface area contributed by atoms with E-state index in [1.165, 1.54) is 82.8 Å². The van der Waals surface area contributed by atoms with Gasteiger partial charge in [0.1, 0.15) is 11.6 Å². The van der Waals surface area contributed by atoms with Crippen molar-refractivity contribution in [3.05, 3.63) is 59.7 Å². The van der Waals surface area contributed by atoms with Crippen LogP contribution in [-0.2, 0) is 0 Å². The van der Waals surface area contributed by atoms with Gasteiger partial charge in [0.2, 0.25) is 0 Å². The molecule has 2 aromatic rings. The highest BCUT2D eigenvalue weighted by Crippen LogP contribution is 2.40. The molecule has 0 unspecified atom stereocenters. The lowest BCUT2D eigenvalue weighted by atomic mass is 9.76. The number of halogens is 2. The van der Waals surface area contributed by atoms with E-state index < -0.39 is 0 Å². The summed E-state index contributed by atoms with van der Waals surface area (Å²) in [6.45, 7) is 2.31. The average Bonchev–Trinajstić information content (AvgIpc) is 2.85. The van der Waals surface area contributed by atoms with Crippen molar-refractivity contribution in [2.45, 2.75) is 102 Å². The van der Waals surface area contributed by atoms with Gasteiger partial charge in [-0.15, -0.1) is 0 Å². The third-order valence-electron chi connectivity index (χ3n) is 8.40. The predicted molar refractivity (Wildman–Crippen MR) is 138 cm³/mol. The molecule has 0 spiro atoms. The van der Waals surface area contributed by atoms with Gasteiger partial charge in [0.25, 0.3) is 0 Å². The first-order valence-corrected chi connectivity index (χ1v) is 15.6. The third kappa shape index (κ3) is 7.01. The Hall–Kier alpha value is -1.48. The van der Waals surface area contributed by atoms with Gasteiger partial charge in [-0.3, -0.25) is 0 Å². The second-order valence-corrected chi connectivity index (χ2v) is 13.7. The van der Waals surface area contributed by atoms with Crippen molar-refractivity contribution in [1.29, 1.82) is 0 Å². The zero-order valence-electron chi connectivity index (χ0n) is 20.4. The first-order valence-electron chi connectivity index (χ1n) is 13.5. The summed E-state index contributed by atoms with van der Waals surface area (Å²) in [5, 5.41) is 0. The Kier molecular flexibility index (Phi) is 9.17. The molecule has 2 aliphatic rings. The summed E-state index contributed by atoms with van der Waals surface area (Å²) >= 11 is 0. The maximum Gasteiger partial charge on any atom is 0.131 e. The summed E-state index contributed by atoms with van der Waals surface area (Å²) in [4.78, 5) is 0. The van der Waals surface area contributed by atoms with Gasteiger partial charge < -0.3 is 0 Å². The SMILES string of the molecule is CCCCC[Si]1CCC(CCC2CCC(c3ccc(-c4ccc(F)cc4)c(F)c3)CC2)CC1. The van der Waals surface area contributed by atoms with Crippen LogP contribution < -0.4 is 0 Å². The van der Waals surface area contributed by atoms with E-state index in [0.717, 1.165) is 23.0 Å². The minimum atomic E-state index is -0.288. The van der Waals surface area contributed by atoms with E-state index in [9.17, 15) is 8.78 Å². The molecule has 1 saturated carbocycles. The minimum absolute atomic E-state index is 0.00619. The fourth-order valence-corrected chi connectivity index (χ4v) is 9.29. The zero-order valence-corrected chi connectivity index (χ0v) is 21.4. The molecule has 1 radical (unpaired) electrons. The largest absolute Gasteiger partial charge is 0.207 e. The maximum absolute atomic E-state index is 14.8. The lowest BCUT2D eigenvalue weighted by Gasteiger charge is -2.32. The number of hydrogen-bond acceptors (Lipinski definition) is 0. The highest BCUT2D eigenvalue weighted by molar-refractivity contribution is 6.58. The monoisotopic (exact) mass is 467 g/mol. The van der Waals surface area contributed by atoms with Crippen LogP contribution in [0.3, 0.4) is 0 Å². The second-order valence-electron chi connectivity index (χ2n) is 10.7. The van der Waals surface area contributed by atoms with Crippen molar-refractivity contribution in [3.8, 4) is 11.1 Å². The highest BCUT2D eigenvalue weighted by Gasteiger charge is 2.26. The number of unbranched alkanes of at least 4 members (excludes halogenated alkanes) is 2. The van der Waals surface area contributed by atoms with Crippen molar-refractivity contribution in [2.24, 2.45) is 11.8 Å². The molecule has 0 amide bonds. The van der Waals surface area contributed by atoms with Gasteiger partial charge in [0.15, 0.2) is 0 Å². The van der Waals surface area contributed by atoms with E-state index in [0.29, 0.717) is 11.5 Å². The van der Waals surface area contributed by atoms with Crippen molar-refractivity contribution in [1.82, 2.24) is 0 Å². The molecule has 0 aromatic heterocycles. The lowest BCUT2D eigenvalue weighted by molar-refractivity contribution is 0.280. The normalized spacial score (nSPS) is 22.5. The first kappa shape index (κ1) is 24.6. The first-order chi connectivity index (χ1) is 16.1. The van der Waals surface area contributed by atoms with Crippen LogP contribution in [0.2, 0.25) is 18.1 Å². The number of rotatable bonds is 9. The quantitative estimate of drug-likeness (QED) is 0.254. The summed E-state index contributed by atoms with van der Waals surface area (Å²) in [5.41, 5.74) is 2.44. The van der Waals surface area contributed by atoms with Crippen molar-refractivity contribution < 1.29 is 8.78 Å². The summed E-state index contributed by atoms with van der Waals surface area (Å²) in [6.07, 6.45) is 15.1. The Morgan fingerprint density at radius 3 is 2.09 bits per heavy atom. The fraction of sp³-hybridized carbons (Fsp3) is 0.600. The van der Waals surface area contributed by atoms with Crippen molar-refractivity contribution in [2.75, 3.05) is 0 Å². The van der Waals surface area contributed by atoms with E-state index in [1.54, 1.807) is 36.3 Å². The molecule has 179 valence electrons. The van der Waals surface area contributed by atoms with Crippen LogP contribution in [-0.4, -0.2) is 8.80 Å². The van der Waals surface area contributed by atoms with E-state index in [4.69, 9.17) is 0 Å². The Morgan fingerprint density at radius 2 is 1.45 bits per heavy atom. The second kappa shape index (κ2) is 12.3. The van der Waals surface area contributed by atoms with Gasteiger partial charge in [-0.2, -0.15) is 0 Å². The molecule has 1 heterocycles. The Balaban J connectivity index is 1.19. The Bertz CT molecular complexity index is 846. The van der Waals surface area contributed by atoms with Crippen molar-refractivity contribution in [3.63, 3.8) is 0 Å². The van der Waals surface area contributed by atoms with Crippen molar-refractivity contribution >= 4 is 8.80 Å². The van der Waals surface area contributed by atoms with Crippen LogP contribution in [0.4, 0.5) is 8.78 Å². The van der Waals surface area contributed by atoms with Crippen LogP contribution in [0.15, 0.2) is 42.5 Å². The van der Waals surface area contributed by atoms with Crippen LogP contribution in [0, 0.1) is 23.5 Å². The van der Waals surface area contributed by atoms with Gasteiger partial charge in [0, 0.05) is 14.4 Å². The lowest BCUT2D eigenvalue weighted by Crippen LogP contribution is -2.22. The smallest absolute Gasteiger partial charge is 0.131 e. The third-order valence-corrected chi connectivity index (χ3v) is 11.4. The average molecular weight is 468 g/mol. The number of hydrogen-bond donors (Lipinski definition) is 0. The maximum atomic E-state index is 14.8. The predicted octanol–water partition coefficient (Wildman–Crippen LogP) is 9.78. The molecule has 4 rings (SSSR count). The van der Waals surface area contributed by atoms with Gasteiger partial charge in [-0.05, 0) is 72.8 Å². The molecular formula is C30H41F2Si. The minimum Gasteiger partial charge on any atom is -0.207 e. The summed E-state index contributed by atoms with van der Waals surface area (Å²) in [5.74, 6) is 1.88. The molecular weight excluding hydrogens is 426 g/mol. The van der Waals surface area contributed by atoms with Crippen LogP contribution in [0.25, 0.3) is 11.1 Å². The summed E-state index contributed by atoms with van der Waals surface area (Å²) in [6, 6.07) is 16.5.